The van der Waals surface area contributed by atoms with Gasteiger partial charge >= 0.3 is 0 Å². The molecular formula is C16H24O. The number of hydrogen-bond acceptors (Lipinski definition) is 1. The first kappa shape index (κ1) is 10.6. The molecule has 0 spiro atoms. The summed E-state index contributed by atoms with van der Waals surface area (Å²) < 4.78 is 6.62. The molecule has 4 bridgehead atoms. The highest BCUT2D eigenvalue weighted by Gasteiger charge is 2.68. The third-order valence-corrected chi connectivity index (χ3v) is 6.05. The van der Waals surface area contributed by atoms with Crippen LogP contribution in [0.3, 0.4) is 0 Å². The lowest BCUT2D eigenvalue weighted by Gasteiger charge is -2.62. The molecule has 0 N–H and O–H groups in total. The second-order valence-electron chi connectivity index (χ2n) is 7.19. The zero-order valence-electron chi connectivity index (χ0n) is 11.2. The molecule has 4 unspecified atom stereocenters. The fourth-order valence-electron chi connectivity index (χ4n) is 5.14. The van der Waals surface area contributed by atoms with Crippen molar-refractivity contribution in [3.05, 3.63) is 11.6 Å². The van der Waals surface area contributed by atoms with Gasteiger partial charge in [0.25, 0.3) is 0 Å². The zero-order chi connectivity index (χ0) is 11.7. The minimum atomic E-state index is 0.223. The van der Waals surface area contributed by atoms with Crippen molar-refractivity contribution in [2.45, 2.75) is 70.0 Å². The molecule has 4 atom stereocenters. The van der Waals surface area contributed by atoms with E-state index in [2.05, 4.69) is 19.9 Å². The van der Waals surface area contributed by atoms with Crippen molar-refractivity contribution in [2.24, 2.45) is 17.8 Å². The fraction of sp³-hybridized carbons (Fsp3) is 0.875. The third kappa shape index (κ3) is 1.30. The second kappa shape index (κ2) is 3.17. The van der Waals surface area contributed by atoms with Crippen molar-refractivity contribution in [2.75, 3.05) is 0 Å². The van der Waals surface area contributed by atoms with Gasteiger partial charge in [-0.15, -0.1) is 0 Å². The number of hydrogen-bond donors (Lipinski definition) is 0. The molecule has 0 amide bonds. The predicted molar refractivity (Wildman–Crippen MR) is 68.8 cm³/mol. The maximum absolute atomic E-state index is 6.62. The van der Waals surface area contributed by atoms with Gasteiger partial charge in [-0.2, -0.15) is 0 Å². The summed E-state index contributed by atoms with van der Waals surface area (Å²) in [5.41, 5.74) is 2.13. The van der Waals surface area contributed by atoms with E-state index in [4.69, 9.17) is 4.74 Å². The van der Waals surface area contributed by atoms with Crippen molar-refractivity contribution in [3.63, 3.8) is 0 Å². The van der Waals surface area contributed by atoms with Gasteiger partial charge in [-0.05, 0) is 51.9 Å². The molecule has 17 heavy (non-hydrogen) atoms. The van der Waals surface area contributed by atoms with Crippen LogP contribution in [0.4, 0.5) is 0 Å². The van der Waals surface area contributed by atoms with E-state index in [1.807, 2.05) is 0 Å². The Hall–Kier alpha value is -0.300. The summed E-state index contributed by atoms with van der Waals surface area (Å²) in [7, 11) is 0. The molecule has 1 nitrogen and oxygen atoms in total. The van der Waals surface area contributed by atoms with Gasteiger partial charge in [-0.25, -0.2) is 0 Å². The first-order valence-electron chi connectivity index (χ1n) is 7.51. The van der Waals surface area contributed by atoms with Crippen molar-refractivity contribution >= 4 is 0 Å². The third-order valence-electron chi connectivity index (χ3n) is 6.05. The lowest BCUT2D eigenvalue weighted by molar-refractivity contribution is -0.322. The van der Waals surface area contributed by atoms with E-state index >= 15 is 0 Å². The van der Waals surface area contributed by atoms with Gasteiger partial charge < -0.3 is 4.74 Å². The Morgan fingerprint density at radius 2 is 2.12 bits per heavy atom. The Balaban J connectivity index is 1.73. The molecule has 3 aliphatic carbocycles. The Labute approximate surface area is 105 Å². The van der Waals surface area contributed by atoms with Crippen LogP contribution in [0.15, 0.2) is 11.6 Å². The minimum Gasteiger partial charge on any atom is -0.367 e. The molecule has 1 heteroatoms. The summed E-state index contributed by atoms with van der Waals surface area (Å²) >= 11 is 0. The Kier molecular flexibility index (Phi) is 1.98. The fourth-order valence-corrected chi connectivity index (χ4v) is 5.14. The molecule has 2 aliphatic heterocycles. The summed E-state index contributed by atoms with van der Waals surface area (Å²) in [6.45, 7) is 4.73. The molecule has 0 aromatic rings. The van der Waals surface area contributed by atoms with Gasteiger partial charge in [-0.1, -0.05) is 24.5 Å². The van der Waals surface area contributed by atoms with Crippen LogP contribution in [0.2, 0.25) is 0 Å². The van der Waals surface area contributed by atoms with Crippen LogP contribution in [-0.4, -0.2) is 11.2 Å². The number of allylic oxidation sites excluding steroid dienone is 1. The normalized spacial score (nSPS) is 52.5. The Morgan fingerprint density at radius 1 is 1.29 bits per heavy atom. The smallest absolute Gasteiger partial charge is 0.0812 e. The molecular weight excluding hydrogens is 208 g/mol. The summed E-state index contributed by atoms with van der Waals surface area (Å²) in [6.07, 6.45) is 12.1. The Bertz CT molecular complexity index is 381. The van der Waals surface area contributed by atoms with E-state index < -0.39 is 0 Å². The van der Waals surface area contributed by atoms with Gasteiger partial charge in [0, 0.05) is 11.8 Å². The van der Waals surface area contributed by atoms with Crippen molar-refractivity contribution in [1.29, 1.82) is 0 Å². The lowest BCUT2D eigenvalue weighted by atomic mass is 9.62. The van der Waals surface area contributed by atoms with Crippen LogP contribution >= 0.6 is 0 Å². The topological polar surface area (TPSA) is 9.23 Å². The summed E-state index contributed by atoms with van der Waals surface area (Å²) in [5.74, 6) is 2.61. The maximum atomic E-state index is 6.62. The molecule has 2 saturated carbocycles. The lowest BCUT2D eigenvalue weighted by Crippen LogP contribution is -2.67. The largest absolute Gasteiger partial charge is 0.367 e. The first-order valence-corrected chi connectivity index (χ1v) is 7.51. The minimum absolute atomic E-state index is 0.223. The second-order valence-corrected chi connectivity index (χ2v) is 7.19. The average Bonchev–Trinajstić information content (AvgIpc) is 2.99. The van der Waals surface area contributed by atoms with Crippen molar-refractivity contribution < 1.29 is 4.74 Å². The molecule has 2 heterocycles. The molecule has 5 aliphatic rings. The van der Waals surface area contributed by atoms with E-state index in [-0.39, 0.29) is 11.2 Å². The van der Waals surface area contributed by atoms with Crippen LogP contribution < -0.4 is 0 Å². The van der Waals surface area contributed by atoms with Crippen LogP contribution in [0.1, 0.15) is 58.8 Å². The van der Waals surface area contributed by atoms with Crippen molar-refractivity contribution in [3.8, 4) is 0 Å². The van der Waals surface area contributed by atoms with Gasteiger partial charge in [0.1, 0.15) is 0 Å². The monoisotopic (exact) mass is 232 g/mol. The maximum Gasteiger partial charge on any atom is 0.0812 e. The highest BCUT2D eigenvalue weighted by Crippen LogP contribution is 2.66. The van der Waals surface area contributed by atoms with Gasteiger partial charge in [0.15, 0.2) is 0 Å². The Morgan fingerprint density at radius 3 is 2.88 bits per heavy atom. The van der Waals surface area contributed by atoms with Gasteiger partial charge in [-0.3, -0.25) is 0 Å². The van der Waals surface area contributed by atoms with Crippen LogP contribution in [-0.2, 0) is 4.74 Å². The summed E-state index contributed by atoms with van der Waals surface area (Å²) in [5, 5.41) is 0. The van der Waals surface area contributed by atoms with Gasteiger partial charge in [0.2, 0.25) is 0 Å². The quantitative estimate of drug-likeness (QED) is 0.652. The van der Waals surface area contributed by atoms with E-state index in [1.54, 1.807) is 5.57 Å². The number of fused-ring (bicyclic) bond motifs is 2. The molecule has 3 fully saturated rings. The van der Waals surface area contributed by atoms with Crippen LogP contribution in [0.5, 0.6) is 0 Å². The summed E-state index contributed by atoms with van der Waals surface area (Å²) in [6, 6.07) is 0. The molecule has 0 aromatic heterocycles. The molecule has 94 valence electrons. The first-order chi connectivity index (χ1) is 8.14. The average molecular weight is 232 g/mol. The highest BCUT2D eigenvalue weighted by atomic mass is 16.6. The van der Waals surface area contributed by atoms with Crippen LogP contribution in [0.25, 0.3) is 0 Å². The molecule has 1 saturated heterocycles. The standard InChI is InChI=1S/C16H24O/c1-11-4-3-9-15(2)14-8-7-13(11)16(14,17-15)10-12-5-6-12/h4,12-14H,3,5-10H2,1-2H3. The zero-order valence-corrected chi connectivity index (χ0v) is 11.2. The van der Waals surface area contributed by atoms with Crippen LogP contribution in [0, 0.1) is 17.8 Å². The van der Waals surface area contributed by atoms with Gasteiger partial charge in [0.05, 0.1) is 11.2 Å². The number of ether oxygens (including phenoxy) is 1. The SMILES string of the molecule is CC1=CCCC2(C)OC3(CC4CC4)C1CCC23. The van der Waals surface area contributed by atoms with E-state index in [9.17, 15) is 0 Å². The van der Waals surface area contributed by atoms with E-state index in [0.29, 0.717) is 0 Å². The van der Waals surface area contributed by atoms with E-state index in [0.717, 1.165) is 17.8 Å². The molecule has 5 rings (SSSR count). The van der Waals surface area contributed by atoms with Crippen molar-refractivity contribution in [1.82, 2.24) is 0 Å². The predicted octanol–water partition coefficient (Wildman–Crippen LogP) is 4.08. The number of rotatable bonds is 2. The molecule has 0 radical (unpaired) electrons. The summed E-state index contributed by atoms with van der Waals surface area (Å²) in [4.78, 5) is 0. The highest BCUT2D eigenvalue weighted by molar-refractivity contribution is 5.26. The van der Waals surface area contributed by atoms with E-state index in [1.165, 1.54) is 44.9 Å². The molecule has 0 aromatic carbocycles.